The maximum Gasteiger partial charge on any atom is 0.456 e. The first-order valence-electron chi connectivity index (χ1n) is 10.8. The van der Waals surface area contributed by atoms with E-state index < -0.39 is 30.3 Å². The number of para-hydroxylation sites is 1. The number of aryl methyl sites for hydroxylation is 1. The van der Waals surface area contributed by atoms with Gasteiger partial charge in [-0.25, -0.2) is 4.39 Å². The van der Waals surface area contributed by atoms with Crippen molar-refractivity contribution in [3.63, 3.8) is 0 Å². The molecule has 0 saturated heterocycles. The Morgan fingerprint density at radius 3 is 2.47 bits per heavy atom. The molecule has 5 nitrogen and oxygen atoms in total. The van der Waals surface area contributed by atoms with Gasteiger partial charge in [-0.05, 0) is 49.4 Å². The minimum absolute atomic E-state index is 0.0526. The van der Waals surface area contributed by atoms with Crippen LogP contribution in [0, 0.1) is 5.82 Å². The Balaban J connectivity index is 1.63. The van der Waals surface area contributed by atoms with Gasteiger partial charge in [0.15, 0.2) is 24.0 Å². The van der Waals surface area contributed by atoms with Crippen molar-refractivity contribution >= 4 is 16.7 Å². The molecule has 3 N–H and O–H groups in total. The molecular weight excluding hydrogens is 462 g/mol. The summed E-state index contributed by atoms with van der Waals surface area (Å²) in [6.07, 6.45) is -2.13. The SMILES string of the molecule is Cn1nc(NC2CCC(N)CC2)c2ccc(-c3cccc(F)c3OCC(F)(F)C(F)(F)F)cc21. The van der Waals surface area contributed by atoms with Crippen molar-refractivity contribution in [2.24, 2.45) is 12.8 Å². The molecule has 1 aromatic heterocycles. The predicted octanol–water partition coefficient (Wildman–Crippen LogP) is 5.64. The van der Waals surface area contributed by atoms with E-state index in [-0.39, 0.29) is 17.6 Å². The summed E-state index contributed by atoms with van der Waals surface area (Å²) < 4.78 is 85.0. The molecule has 1 saturated carbocycles. The number of benzene rings is 2. The van der Waals surface area contributed by atoms with E-state index >= 15 is 0 Å². The topological polar surface area (TPSA) is 65.1 Å². The molecule has 184 valence electrons. The van der Waals surface area contributed by atoms with Crippen molar-refractivity contribution < 1.29 is 31.1 Å². The first-order valence-corrected chi connectivity index (χ1v) is 10.8. The molecule has 0 atom stereocenters. The van der Waals surface area contributed by atoms with Gasteiger partial charge in [0, 0.05) is 30.1 Å². The summed E-state index contributed by atoms with van der Waals surface area (Å²) in [5, 5.41) is 8.75. The Morgan fingerprint density at radius 2 is 1.79 bits per heavy atom. The molecule has 11 heteroatoms. The van der Waals surface area contributed by atoms with E-state index in [1.807, 2.05) is 0 Å². The quantitative estimate of drug-likeness (QED) is 0.443. The Hall–Kier alpha value is -2.95. The average molecular weight is 486 g/mol. The first kappa shape index (κ1) is 24.2. The highest BCUT2D eigenvalue weighted by Crippen LogP contribution is 2.39. The van der Waals surface area contributed by atoms with Crippen molar-refractivity contribution in [2.75, 3.05) is 11.9 Å². The van der Waals surface area contributed by atoms with Gasteiger partial charge < -0.3 is 15.8 Å². The van der Waals surface area contributed by atoms with E-state index in [4.69, 9.17) is 5.73 Å². The van der Waals surface area contributed by atoms with E-state index in [9.17, 15) is 26.3 Å². The van der Waals surface area contributed by atoms with E-state index in [2.05, 4.69) is 15.2 Å². The zero-order valence-corrected chi connectivity index (χ0v) is 18.3. The van der Waals surface area contributed by atoms with Crippen LogP contribution in [-0.2, 0) is 7.05 Å². The van der Waals surface area contributed by atoms with Crippen LogP contribution >= 0.6 is 0 Å². The third-order valence-electron chi connectivity index (χ3n) is 6.05. The summed E-state index contributed by atoms with van der Waals surface area (Å²) in [5.41, 5.74) is 7.07. The Labute approximate surface area is 191 Å². The number of halogens is 6. The minimum atomic E-state index is -5.81. The van der Waals surface area contributed by atoms with Gasteiger partial charge in [-0.1, -0.05) is 18.2 Å². The molecule has 1 heterocycles. The standard InChI is InChI=1S/C23H24F6N4O/c1-33-19-11-13(5-10-17(19)21(32-33)31-15-8-6-14(30)7-9-15)16-3-2-4-18(24)20(16)34-12-22(25,26)23(27,28)29/h2-5,10-11,14-15H,6-9,12,30H2,1H3,(H,31,32). The average Bonchev–Trinajstić information content (AvgIpc) is 3.08. The Bertz CT molecular complexity index is 1170. The minimum Gasteiger partial charge on any atom is -0.483 e. The highest BCUT2D eigenvalue weighted by Gasteiger charge is 2.58. The molecule has 2 aromatic carbocycles. The molecule has 0 bridgehead atoms. The number of aromatic nitrogens is 2. The van der Waals surface area contributed by atoms with Gasteiger partial charge in [0.1, 0.15) is 0 Å². The molecule has 1 aliphatic carbocycles. The number of hydrogen-bond donors (Lipinski definition) is 2. The molecule has 0 aliphatic heterocycles. The molecular formula is C23H24F6N4O. The van der Waals surface area contributed by atoms with Gasteiger partial charge in [0.05, 0.1) is 5.52 Å². The van der Waals surface area contributed by atoms with Crippen molar-refractivity contribution in [3.8, 4) is 16.9 Å². The monoisotopic (exact) mass is 486 g/mol. The molecule has 0 radical (unpaired) electrons. The van der Waals surface area contributed by atoms with Gasteiger partial charge in [0.25, 0.3) is 0 Å². The highest BCUT2D eigenvalue weighted by atomic mass is 19.4. The molecule has 1 fully saturated rings. The van der Waals surface area contributed by atoms with Crippen LogP contribution in [0.4, 0.5) is 32.2 Å². The van der Waals surface area contributed by atoms with Crippen LogP contribution in [0.2, 0.25) is 0 Å². The zero-order chi connectivity index (χ0) is 24.7. The number of rotatable bonds is 6. The fourth-order valence-corrected chi connectivity index (χ4v) is 4.12. The highest BCUT2D eigenvalue weighted by molar-refractivity contribution is 5.93. The van der Waals surface area contributed by atoms with Gasteiger partial charge in [-0.3, -0.25) is 4.68 Å². The van der Waals surface area contributed by atoms with Crippen LogP contribution < -0.4 is 15.8 Å². The van der Waals surface area contributed by atoms with Crippen molar-refractivity contribution in [1.82, 2.24) is 9.78 Å². The van der Waals surface area contributed by atoms with Crippen molar-refractivity contribution in [1.29, 1.82) is 0 Å². The van der Waals surface area contributed by atoms with E-state index in [1.54, 1.807) is 29.9 Å². The number of nitrogens with two attached hydrogens (primary N) is 1. The first-order chi connectivity index (χ1) is 16.0. The molecule has 0 amide bonds. The summed E-state index contributed by atoms with van der Waals surface area (Å²) in [4.78, 5) is 0. The third kappa shape index (κ3) is 4.79. The van der Waals surface area contributed by atoms with Gasteiger partial charge in [0.2, 0.25) is 0 Å². The van der Waals surface area contributed by atoms with E-state index in [0.29, 0.717) is 16.9 Å². The second-order valence-corrected chi connectivity index (χ2v) is 8.57. The van der Waals surface area contributed by atoms with Crippen LogP contribution in [-0.4, -0.2) is 40.6 Å². The lowest BCUT2D eigenvalue weighted by atomic mass is 9.92. The molecule has 1 aliphatic rings. The lowest BCUT2D eigenvalue weighted by Gasteiger charge is -2.26. The van der Waals surface area contributed by atoms with Crippen LogP contribution in [0.15, 0.2) is 36.4 Å². The number of anilines is 1. The normalized spacial score (nSPS) is 19.4. The maximum atomic E-state index is 14.4. The fraction of sp³-hybridized carbons (Fsp3) is 0.435. The molecule has 34 heavy (non-hydrogen) atoms. The van der Waals surface area contributed by atoms with Crippen LogP contribution in [0.3, 0.4) is 0 Å². The zero-order valence-electron chi connectivity index (χ0n) is 18.3. The number of nitrogens with one attached hydrogen (secondary N) is 1. The van der Waals surface area contributed by atoms with Crippen molar-refractivity contribution in [3.05, 3.63) is 42.2 Å². The van der Waals surface area contributed by atoms with E-state index in [1.165, 1.54) is 12.1 Å². The maximum absolute atomic E-state index is 14.4. The third-order valence-corrected chi connectivity index (χ3v) is 6.05. The number of ether oxygens (including phenoxy) is 1. The summed E-state index contributed by atoms with van der Waals surface area (Å²) in [6.45, 7) is -2.03. The van der Waals surface area contributed by atoms with Crippen LogP contribution in [0.5, 0.6) is 5.75 Å². The molecule has 3 aromatic rings. The van der Waals surface area contributed by atoms with Crippen molar-refractivity contribution in [2.45, 2.75) is 49.9 Å². The Morgan fingerprint density at radius 1 is 1.09 bits per heavy atom. The van der Waals surface area contributed by atoms with Crippen LogP contribution in [0.1, 0.15) is 25.7 Å². The predicted molar refractivity (Wildman–Crippen MR) is 116 cm³/mol. The largest absolute Gasteiger partial charge is 0.483 e. The number of alkyl halides is 5. The van der Waals surface area contributed by atoms with Gasteiger partial charge >= 0.3 is 12.1 Å². The fourth-order valence-electron chi connectivity index (χ4n) is 4.12. The molecule has 0 spiro atoms. The van der Waals surface area contributed by atoms with Crippen LogP contribution in [0.25, 0.3) is 22.0 Å². The number of nitrogens with zero attached hydrogens (tertiary/aromatic N) is 2. The summed E-state index contributed by atoms with van der Waals surface area (Å²) >= 11 is 0. The second kappa shape index (κ2) is 9.01. The smallest absolute Gasteiger partial charge is 0.456 e. The lowest BCUT2D eigenvalue weighted by molar-refractivity contribution is -0.290. The number of fused-ring (bicyclic) bond motifs is 1. The second-order valence-electron chi connectivity index (χ2n) is 8.57. The lowest BCUT2D eigenvalue weighted by Crippen LogP contribution is -2.41. The Kier molecular flexibility index (Phi) is 6.41. The number of hydrogen-bond acceptors (Lipinski definition) is 4. The summed E-state index contributed by atoms with van der Waals surface area (Å²) in [5.74, 6) is -6.17. The van der Waals surface area contributed by atoms with Gasteiger partial charge in [-0.2, -0.15) is 27.1 Å². The molecule has 4 rings (SSSR count). The van der Waals surface area contributed by atoms with E-state index in [0.717, 1.165) is 37.1 Å². The summed E-state index contributed by atoms with van der Waals surface area (Å²) in [6, 6.07) is 9.12. The summed E-state index contributed by atoms with van der Waals surface area (Å²) in [7, 11) is 1.72. The molecule has 0 unspecified atom stereocenters. The van der Waals surface area contributed by atoms with Gasteiger partial charge in [-0.15, -0.1) is 0 Å².